The van der Waals surface area contributed by atoms with Gasteiger partial charge in [0.1, 0.15) is 17.3 Å². The first-order chi connectivity index (χ1) is 20.0. The number of aromatic nitrogens is 4. The van der Waals surface area contributed by atoms with Crippen molar-refractivity contribution in [2.75, 3.05) is 11.1 Å². The molecule has 1 aliphatic heterocycles. The number of imidazole rings is 1. The molecule has 1 aromatic carbocycles. The molecule has 5 rings (SSSR count). The van der Waals surface area contributed by atoms with Crippen LogP contribution in [0.25, 0.3) is 33.9 Å². The van der Waals surface area contributed by atoms with E-state index in [9.17, 15) is 26.3 Å². The van der Waals surface area contributed by atoms with Crippen LogP contribution in [-0.2, 0) is 9.59 Å². The standard InChI is InChI=1S/C21H15Cl2N5S.2C2HF3O2/c1-2-29-11-8-14(22)17(15(23)9-11)21-27-18-12-5-7-24-10-16(12)26-20-13(19(18)28-21)4-3-6-25-20;2*3-2(4,5)1(6)7/h3-10H,2H2,1H3,(H,25,26)(H,27,28);2*(H,6,7). The van der Waals surface area contributed by atoms with Gasteiger partial charge in [-0.2, -0.15) is 26.3 Å². The molecule has 1 aliphatic rings. The topological polar surface area (TPSA) is 141 Å². The van der Waals surface area contributed by atoms with Crippen LogP contribution in [-0.4, -0.2) is 60.2 Å². The second kappa shape index (κ2) is 13.5. The van der Waals surface area contributed by atoms with Crippen LogP contribution in [0.5, 0.6) is 0 Å². The highest BCUT2D eigenvalue weighted by atomic mass is 35.5. The Balaban J connectivity index is 0.000000303. The summed E-state index contributed by atoms with van der Waals surface area (Å²) >= 11 is 14.9. The van der Waals surface area contributed by atoms with Crippen LogP contribution < -0.4 is 5.32 Å². The minimum Gasteiger partial charge on any atom is -0.475 e. The zero-order chi connectivity index (χ0) is 32.1. The molecule has 228 valence electrons. The zero-order valence-corrected chi connectivity index (χ0v) is 23.6. The average Bonchev–Trinajstić information content (AvgIpc) is 3.28. The van der Waals surface area contributed by atoms with E-state index >= 15 is 0 Å². The molecule has 0 unspecified atom stereocenters. The molecule has 0 fully saturated rings. The molecule has 0 saturated heterocycles. The molecule has 0 spiro atoms. The lowest BCUT2D eigenvalue weighted by Gasteiger charge is -2.09. The Morgan fingerprint density at radius 3 is 2.07 bits per heavy atom. The van der Waals surface area contributed by atoms with Gasteiger partial charge in [-0.1, -0.05) is 30.1 Å². The Bertz CT molecular complexity index is 1540. The van der Waals surface area contributed by atoms with Crippen molar-refractivity contribution in [3.8, 4) is 33.9 Å². The van der Waals surface area contributed by atoms with Gasteiger partial charge in [0.05, 0.1) is 33.2 Å². The molecule has 18 heteroatoms. The third-order valence-corrected chi connectivity index (χ3v) is 6.61. The Kier molecular flexibility index (Phi) is 10.5. The van der Waals surface area contributed by atoms with Gasteiger partial charge >= 0.3 is 24.3 Å². The third-order valence-electron chi connectivity index (χ3n) is 5.16. The van der Waals surface area contributed by atoms with E-state index in [0.717, 1.165) is 44.7 Å². The predicted octanol–water partition coefficient (Wildman–Crippen LogP) is 7.94. The lowest BCUT2D eigenvalue weighted by Crippen LogP contribution is -2.21. The summed E-state index contributed by atoms with van der Waals surface area (Å²) in [5, 5.41) is 18.7. The Hall–Kier alpha value is -4.02. The van der Waals surface area contributed by atoms with Crippen LogP contribution in [0.3, 0.4) is 0 Å². The van der Waals surface area contributed by atoms with Crippen LogP contribution in [0.1, 0.15) is 6.92 Å². The zero-order valence-electron chi connectivity index (χ0n) is 21.3. The second-order valence-corrected chi connectivity index (χ2v) is 10.2. The van der Waals surface area contributed by atoms with Crippen LogP contribution in [0.2, 0.25) is 10.0 Å². The number of nitrogens with one attached hydrogen (secondary N) is 2. The molecule has 3 aromatic heterocycles. The molecule has 9 nitrogen and oxygen atoms in total. The Labute approximate surface area is 252 Å². The van der Waals surface area contributed by atoms with E-state index in [0.29, 0.717) is 21.4 Å². The number of aromatic amines is 1. The lowest BCUT2D eigenvalue weighted by atomic mass is 10.1. The highest BCUT2D eigenvalue weighted by Gasteiger charge is 2.39. The number of benzene rings is 1. The van der Waals surface area contributed by atoms with Crippen LogP contribution in [0.15, 0.2) is 53.8 Å². The van der Waals surface area contributed by atoms with Gasteiger partial charge in [0.15, 0.2) is 0 Å². The predicted molar refractivity (Wildman–Crippen MR) is 148 cm³/mol. The monoisotopic (exact) mass is 667 g/mol. The second-order valence-electron chi connectivity index (χ2n) is 8.06. The van der Waals surface area contributed by atoms with Crippen molar-refractivity contribution in [1.29, 1.82) is 0 Å². The molecule has 0 amide bonds. The quantitative estimate of drug-likeness (QED) is 0.111. The number of rotatable bonds is 3. The molecule has 0 aliphatic carbocycles. The molecular weight excluding hydrogens is 651 g/mol. The maximum absolute atomic E-state index is 10.6. The molecule has 0 saturated carbocycles. The van der Waals surface area contributed by atoms with E-state index < -0.39 is 24.3 Å². The van der Waals surface area contributed by atoms with Gasteiger partial charge in [0.25, 0.3) is 0 Å². The fourth-order valence-electron chi connectivity index (χ4n) is 3.44. The van der Waals surface area contributed by atoms with Crippen molar-refractivity contribution in [1.82, 2.24) is 19.9 Å². The number of pyridine rings is 2. The highest BCUT2D eigenvalue weighted by molar-refractivity contribution is 7.99. The Morgan fingerprint density at radius 1 is 0.953 bits per heavy atom. The fraction of sp³-hybridized carbons (Fsp3) is 0.160. The van der Waals surface area contributed by atoms with Gasteiger partial charge in [-0.3, -0.25) is 4.98 Å². The van der Waals surface area contributed by atoms with Crippen LogP contribution in [0.4, 0.5) is 37.8 Å². The van der Waals surface area contributed by atoms with Crippen LogP contribution >= 0.6 is 35.0 Å². The van der Waals surface area contributed by atoms with E-state index in [4.69, 9.17) is 48.0 Å². The number of H-pyrrole nitrogens is 1. The van der Waals surface area contributed by atoms with Crippen molar-refractivity contribution in [2.24, 2.45) is 0 Å². The smallest absolute Gasteiger partial charge is 0.475 e. The summed E-state index contributed by atoms with van der Waals surface area (Å²) in [6.45, 7) is 2.09. The number of nitrogens with zero attached hydrogens (tertiary/aromatic N) is 3. The number of halogens is 8. The molecule has 0 atom stereocenters. The van der Waals surface area contributed by atoms with Gasteiger partial charge < -0.3 is 20.5 Å². The van der Waals surface area contributed by atoms with Crippen LogP contribution in [0, 0.1) is 0 Å². The number of carbonyl (C=O) groups is 2. The molecule has 43 heavy (non-hydrogen) atoms. The minimum atomic E-state index is -5.08. The molecular formula is C25H17Cl2F6N5O4S. The maximum atomic E-state index is 10.6. The highest BCUT2D eigenvalue weighted by Crippen LogP contribution is 2.45. The van der Waals surface area contributed by atoms with Crippen molar-refractivity contribution in [3.63, 3.8) is 0 Å². The van der Waals surface area contributed by atoms with Crippen molar-refractivity contribution in [2.45, 2.75) is 24.2 Å². The maximum Gasteiger partial charge on any atom is 0.490 e. The van der Waals surface area contributed by atoms with Crippen molar-refractivity contribution < 1.29 is 46.1 Å². The van der Waals surface area contributed by atoms with E-state index in [2.05, 4.69) is 27.2 Å². The lowest BCUT2D eigenvalue weighted by molar-refractivity contribution is -0.193. The first-order valence-electron chi connectivity index (χ1n) is 11.5. The van der Waals surface area contributed by atoms with Gasteiger partial charge in [-0.25, -0.2) is 19.6 Å². The van der Waals surface area contributed by atoms with E-state index in [1.807, 2.05) is 30.3 Å². The molecule has 4 heterocycles. The third kappa shape index (κ3) is 8.30. The number of thioether (sulfide) groups is 1. The Morgan fingerprint density at radius 2 is 1.53 bits per heavy atom. The number of hydrogen-bond donors (Lipinski definition) is 4. The number of carboxylic acids is 2. The number of aliphatic carboxylic acids is 2. The molecule has 4 aromatic rings. The normalized spacial score (nSPS) is 11.7. The minimum absolute atomic E-state index is 0.567. The SMILES string of the molecule is CCSc1cc(Cl)c(-c2nc3c([nH]2)-c2ccncc2Nc2ncccc2-3)c(Cl)c1.O=C(O)C(F)(F)F.O=C(O)C(F)(F)F. The van der Waals surface area contributed by atoms with Gasteiger partial charge in [-0.15, -0.1) is 11.8 Å². The van der Waals surface area contributed by atoms with Gasteiger partial charge in [-0.05, 0) is 36.1 Å². The first kappa shape index (κ1) is 33.5. The summed E-state index contributed by atoms with van der Waals surface area (Å²) in [5.74, 6) is -3.22. The number of hydrogen-bond acceptors (Lipinski definition) is 7. The summed E-state index contributed by atoms with van der Waals surface area (Å²) in [6.07, 6.45) is -4.89. The van der Waals surface area contributed by atoms with E-state index in [1.54, 1.807) is 30.4 Å². The van der Waals surface area contributed by atoms with Crippen molar-refractivity contribution >= 4 is 58.4 Å². The number of anilines is 2. The number of carboxylic acid groups (broad SMARTS) is 2. The molecule has 4 N–H and O–H groups in total. The van der Waals surface area contributed by atoms with E-state index in [-0.39, 0.29) is 0 Å². The summed E-state index contributed by atoms with van der Waals surface area (Å²) in [5.41, 5.74) is 5.06. The summed E-state index contributed by atoms with van der Waals surface area (Å²) in [4.78, 5) is 35.9. The summed E-state index contributed by atoms with van der Waals surface area (Å²) < 4.78 is 63.5. The van der Waals surface area contributed by atoms with E-state index in [1.165, 1.54) is 0 Å². The summed E-state index contributed by atoms with van der Waals surface area (Å²) in [7, 11) is 0. The summed E-state index contributed by atoms with van der Waals surface area (Å²) in [6, 6.07) is 9.68. The largest absolute Gasteiger partial charge is 0.490 e. The first-order valence-corrected chi connectivity index (χ1v) is 13.3. The number of alkyl halides is 6. The molecule has 0 bridgehead atoms. The fourth-order valence-corrected chi connectivity index (χ4v) is 4.97. The van der Waals surface area contributed by atoms with Gasteiger partial charge in [0.2, 0.25) is 0 Å². The average molecular weight is 668 g/mol. The number of fused-ring (bicyclic) bond motifs is 5. The van der Waals surface area contributed by atoms with Gasteiger partial charge in [0, 0.05) is 28.4 Å². The molecule has 0 radical (unpaired) electrons. The van der Waals surface area contributed by atoms with Crippen molar-refractivity contribution in [3.05, 3.63) is 59.0 Å².